The lowest BCUT2D eigenvalue weighted by Gasteiger charge is -2.14. The second-order valence-electron chi connectivity index (χ2n) is 8.81. The topological polar surface area (TPSA) is 35.5 Å². The van der Waals surface area contributed by atoms with Gasteiger partial charge in [-0.1, -0.05) is 95.2 Å². The standard InChI is InChI=1S/C29H42O3/c1-4-6-8-9-10-12-13-25-15-17-26(18-16-25)27-19-21-28(22-20-27)31-23-24(3)32-29(30)14-11-7-5-2/h15-22,24H,4-14,23H2,1-3H3. The van der Waals surface area contributed by atoms with Gasteiger partial charge >= 0.3 is 5.97 Å². The zero-order chi connectivity index (χ0) is 23.0. The quantitative estimate of drug-likeness (QED) is 0.196. The van der Waals surface area contributed by atoms with Gasteiger partial charge in [0.15, 0.2) is 0 Å². The SMILES string of the molecule is CCCCCCCCc1ccc(-c2ccc(OCC(C)OC(=O)CCCCC)cc2)cc1. The number of esters is 1. The molecule has 0 saturated heterocycles. The minimum atomic E-state index is -0.247. The highest BCUT2D eigenvalue weighted by molar-refractivity contribution is 5.69. The van der Waals surface area contributed by atoms with E-state index in [2.05, 4.69) is 50.2 Å². The van der Waals surface area contributed by atoms with Crippen LogP contribution in [0.15, 0.2) is 48.5 Å². The van der Waals surface area contributed by atoms with Crippen LogP contribution in [0.4, 0.5) is 0 Å². The van der Waals surface area contributed by atoms with Crippen LogP contribution in [0.2, 0.25) is 0 Å². The van der Waals surface area contributed by atoms with E-state index in [0.717, 1.165) is 25.0 Å². The van der Waals surface area contributed by atoms with Crippen molar-refractivity contribution in [2.45, 2.75) is 97.5 Å². The highest BCUT2D eigenvalue weighted by Gasteiger charge is 2.10. The molecule has 1 unspecified atom stereocenters. The van der Waals surface area contributed by atoms with Gasteiger partial charge in [0.05, 0.1) is 0 Å². The maximum Gasteiger partial charge on any atom is 0.306 e. The summed E-state index contributed by atoms with van der Waals surface area (Å²) >= 11 is 0. The average molecular weight is 439 g/mol. The molecule has 2 aromatic carbocycles. The van der Waals surface area contributed by atoms with Crippen LogP contribution in [0.3, 0.4) is 0 Å². The predicted molar refractivity (Wildman–Crippen MR) is 134 cm³/mol. The van der Waals surface area contributed by atoms with Crippen molar-refractivity contribution in [2.75, 3.05) is 6.61 Å². The summed E-state index contributed by atoms with van der Waals surface area (Å²) in [5, 5.41) is 0. The van der Waals surface area contributed by atoms with Crippen LogP contribution in [-0.2, 0) is 16.0 Å². The van der Waals surface area contributed by atoms with Crippen LogP contribution in [-0.4, -0.2) is 18.7 Å². The molecule has 0 bridgehead atoms. The molecule has 0 saturated carbocycles. The van der Waals surface area contributed by atoms with Crippen molar-refractivity contribution in [1.82, 2.24) is 0 Å². The van der Waals surface area contributed by atoms with Crippen LogP contribution in [0.5, 0.6) is 5.75 Å². The molecule has 0 radical (unpaired) electrons. The maximum atomic E-state index is 11.8. The fraction of sp³-hybridized carbons (Fsp3) is 0.552. The van der Waals surface area contributed by atoms with Gasteiger partial charge in [0.25, 0.3) is 0 Å². The molecular weight excluding hydrogens is 396 g/mol. The van der Waals surface area contributed by atoms with Crippen molar-refractivity contribution in [1.29, 1.82) is 0 Å². The number of rotatable bonds is 16. The summed E-state index contributed by atoms with van der Waals surface area (Å²) < 4.78 is 11.2. The second kappa shape index (κ2) is 15.5. The van der Waals surface area contributed by atoms with Crippen LogP contribution >= 0.6 is 0 Å². The molecule has 1 atom stereocenters. The Kier molecular flexibility index (Phi) is 12.6. The first-order valence-corrected chi connectivity index (χ1v) is 12.6. The molecule has 0 aliphatic heterocycles. The molecule has 2 aromatic rings. The Morgan fingerprint density at radius 2 is 1.31 bits per heavy atom. The Hall–Kier alpha value is -2.29. The smallest absolute Gasteiger partial charge is 0.306 e. The number of hydrogen-bond donors (Lipinski definition) is 0. The number of carbonyl (C=O) groups excluding carboxylic acids is 1. The summed E-state index contributed by atoms with van der Waals surface area (Å²) in [5.41, 5.74) is 3.82. The molecule has 3 nitrogen and oxygen atoms in total. The number of carbonyl (C=O) groups is 1. The van der Waals surface area contributed by atoms with Crippen LogP contribution in [0, 0.1) is 0 Å². The zero-order valence-electron chi connectivity index (χ0n) is 20.4. The Balaban J connectivity index is 1.73. The Bertz CT molecular complexity index is 749. The van der Waals surface area contributed by atoms with Gasteiger partial charge in [-0.3, -0.25) is 4.79 Å². The number of aryl methyl sites for hydroxylation is 1. The van der Waals surface area contributed by atoms with Crippen molar-refractivity contribution in [3.8, 4) is 16.9 Å². The van der Waals surface area contributed by atoms with Gasteiger partial charge in [0.1, 0.15) is 18.5 Å². The first kappa shape index (κ1) is 26.0. The van der Waals surface area contributed by atoms with E-state index < -0.39 is 0 Å². The summed E-state index contributed by atoms with van der Waals surface area (Å²) in [6.07, 6.45) is 12.5. The summed E-state index contributed by atoms with van der Waals surface area (Å²) in [6, 6.07) is 17.1. The molecule has 32 heavy (non-hydrogen) atoms. The minimum absolute atomic E-state index is 0.134. The van der Waals surface area contributed by atoms with Crippen molar-refractivity contribution in [3.63, 3.8) is 0 Å². The van der Waals surface area contributed by atoms with Crippen LogP contribution in [0.1, 0.15) is 90.5 Å². The summed E-state index contributed by atoms with van der Waals surface area (Å²) in [4.78, 5) is 11.8. The molecular formula is C29H42O3. The van der Waals surface area contributed by atoms with E-state index in [1.165, 1.54) is 61.6 Å². The van der Waals surface area contributed by atoms with E-state index in [-0.39, 0.29) is 12.1 Å². The summed E-state index contributed by atoms with van der Waals surface area (Å²) in [5.74, 6) is 0.659. The molecule has 176 valence electrons. The number of benzene rings is 2. The van der Waals surface area contributed by atoms with E-state index in [4.69, 9.17) is 9.47 Å². The van der Waals surface area contributed by atoms with E-state index in [9.17, 15) is 4.79 Å². The molecule has 0 fully saturated rings. The van der Waals surface area contributed by atoms with Crippen LogP contribution in [0.25, 0.3) is 11.1 Å². The third-order valence-electron chi connectivity index (χ3n) is 5.76. The van der Waals surface area contributed by atoms with Crippen molar-refractivity contribution < 1.29 is 14.3 Å². The molecule has 2 rings (SSSR count). The predicted octanol–water partition coefficient (Wildman–Crippen LogP) is 8.15. The number of hydrogen-bond acceptors (Lipinski definition) is 3. The maximum absolute atomic E-state index is 11.8. The van der Waals surface area contributed by atoms with E-state index in [0.29, 0.717) is 13.0 Å². The Morgan fingerprint density at radius 3 is 1.97 bits per heavy atom. The van der Waals surface area contributed by atoms with Gasteiger partial charge in [-0.25, -0.2) is 0 Å². The Labute approximate surface area is 195 Å². The highest BCUT2D eigenvalue weighted by atomic mass is 16.6. The van der Waals surface area contributed by atoms with E-state index in [1.807, 2.05) is 19.1 Å². The minimum Gasteiger partial charge on any atom is -0.490 e. The van der Waals surface area contributed by atoms with Gasteiger partial charge in [-0.05, 0) is 55.0 Å². The second-order valence-corrected chi connectivity index (χ2v) is 8.81. The lowest BCUT2D eigenvalue weighted by atomic mass is 10.0. The van der Waals surface area contributed by atoms with Gasteiger partial charge in [-0.15, -0.1) is 0 Å². The van der Waals surface area contributed by atoms with Crippen molar-refractivity contribution in [3.05, 3.63) is 54.1 Å². The molecule has 0 N–H and O–H groups in total. The normalized spacial score (nSPS) is 11.8. The first-order chi connectivity index (χ1) is 15.6. The summed E-state index contributed by atoms with van der Waals surface area (Å²) in [7, 11) is 0. The van der Waals surface area contributed by atoms with Gasteiger partial charge in [0.2, 0.25) is 0 Å². The third-order valence-corrected chi connectivity index (χ3v) is 5.76. The van der Waals surface area contributed by atoms with Gasteiger partial charge in [0, 0.05) is 6.42 Å². The Morgan fingerprint density at radius 1 is 0.750 bits per heavy atom. The zero-order valence-corrected chi connectivity index (χ0v) is 20.4. The molecule has 3 heteroatoms. The molecule has 0 aliphatic carbocycles. The van der Waals surface area contributed by atoms with Crippen LogP contribution < -0.4 is 4.74 Å². The lowest BCUT2D eigenvalue weighted by Crippen LogP contribution is -2.21. The monoisotopic (exact) mass is 438 g/mol. The molecule has 0 aromatic heterocycles. The molecule has 0 aliphatic rings. The average Bonchev–Trinajstić information content (AvgIpc) is 2.81. The number of unbranched alkanes of at least 4 members (excludes halogenated alkanes) is 7. The fourth-order valence-electron chi connectivity index (χ4n) is 3.77. The molecule has 0 spiro atoms. The fourth-order valence-corrected chi connectivity index (χ4v) is 3.77. The van der Waals surface area contributed by atoms with E-state index >= 15 is 0 Å². The highest BCUT2D eigenvalue weighted by Crippen LogP contribution is 2.23. The van der Waals surface area contributed by atoms with Gasteiger partial charge in [-0.2, -0.15) is 0 Å². The summed E-state index contributed by atoms with van der Waals surface area (Å²) in [6.45, 7) is 6.63. The lowest BCUT2D eigenvalue weighted by molar-refractivity contribution is -0.149. The van der Waals surface area contributed by atoms with Gasteiger partial charge < -0.3 is 9.47 Å². The van der Waals surface area contributed by atoms with Crippen molar-refractivity contribution in [2.24, 2.45) is 0 Å². The largest absolute Gasteiger partial charge is 0.490 e. The first-order valence-electron chi connectivity index (χ1n) is 12.6. The van der Waals surface area contributed by atoms with E-state index in [1.54, 1.807) is 0 Å². The molecule has 0 amide bonds. The van der Waals surface area contributed by atoms with Crippen molar-refractivity contribution >= 4 is 5.97 Å². The molecule has 0 heterocycles. The number of ether oxygens (including phenoxy) is 2. The third kappa shape index (κ3) is 10.3.